The lowest BCUT2D eigenvalue weighted by molar-refractivity contribution is -0.384. The number of nitro benzene ring substituents is 1. The van der Waals surface area contributed by atoms with E-state index in [0.29, 0.717) is 19.4 Å². The molecular weight excluding hydrogens is 408 g/mol. The molecule has 2 aliphatic rings. The third-order valence-electron chi connectivity index (χ3n) is 5.05. The fraction of sp³-hybridized carbons (Fsp3) is 0.588. The van der Waals surface area contributed by atoms with Gasteiger partial charge in [-0.05, 0) is 44.4 Å². The number of amides is 1. The minimum absolute atomic E-state index is 0. The van der Waals surface area contributed by atoms with E-state index in [1.807, 2.05) is 0 Å². The Morgan fingerprint density at radius 2 is 1.89 bits per heavy atom. The standard InChI is InChI=1S/C17H24N4O5S.ClH/c22-17(19-13-4-3-10-18-12-13)16-5-1-2-11-20(16)27(25,26)15-8-6-14(7-9-15)21(23)24;/h6-9,13,16,18H,1-5,10-12H2,(H,19,22);1H/t13-,16?;/m0./s1. The Kier molecular flexibility index (Phi) is 7.76. The highest BCUT2D eigenvalue weighted by Gasteiger charge is 2.38. The Balaban J connectivity index is 0.00000280. The molecule has 9 nitrogen and oxygen atoms in total. The second-order valence-corrected chi connectivity index (χ2v) is 8.82. The fourth-order valence-electron chi connectivity index (χ4n) is 3.60. The molecule has 0 bridgehead atoms. The van der Waals surface area contributed by atoms with Crippen molar-refractivity contribution in [2.45, 2.75) is 49.1 Å². The van der Waals surface area contributed by atoms with E-state index in [1.54, 1.807) is 0 Å². The minimum atomic E-state index is -3.91. The third-order valence-corrected chi connectivity index (χ3v) is 6.98. The molecule has 2 heterocycles. The van der Waals surface area contributed by atoms with Crippen LogP contribution in [0.25, 0.3) is 0 Å². The van der Waals surface area contributed by atoms with Gasteiger partial charge in [0.2, 0.25) is 15.9 Å². The smallest absolute Gasteiger partial charge is 0.269 e. The first-order chi connectivity index (χ1) is 12.9. The highest BCUT2D eigenvalue weighted by Crippen LogP contribution is 2.27. The summed E-state index contributed by atoms with van der Waals surface area (Å²) >= 11 is 0. The van der Waals surface area contributed by atoms with Gasteiger partial charge in [0, 0.05) is 31.3 Å². The summed E-state index contributed by atoms with van der Waals surface area (Å²) in [6, 6.07) is 4.04. The molecule has 11 heteroatoms. The van der Waals surface area contributed by atoms with Crippen LogP contribution >= 0.6 is 12.4 Å². The normalized spacial score (nSPS) is 23.4. The molecule has 0 aromatic heterocycles. The molecule has 28 heavy (non-hydrogen) atoms. The van der Waals surface area contributed by atoms with E-state index >= 15 is 0 Å². The van der Waals surface area contributed by atoms with Crippen molar-refractivity contribution < 1.29 is 18.1 Å². The number of halogens is 1. The van der Waals surface area contributed by atoms with E-state index in [4.69, 9.17) is 0 Å². The molecule has 1 unspecified atom stereocenters. The summed E-state index contributed by atoms with van der Waals surface area (Å²) in [5.41, 5.74) is -0.174. The number of hydrogen-bond acceptors (Lipinski definition) is 6. The van der Waals surface area contributed by atoms with Gasteiger partial charge in [-0.2, -0.15) is 4.31 Å². The van der Waals surface area contributed by atoms with E-state index in [9.17, 15) is 23.3 Å². The van der Waals surface area contributed by atoms with Crippen LogP contribution in [0.4, 0.5) is 5.69 Å². The van der Waals surface area contributed by atoms with Crippen LogP contribution in [0.3, 0.4) is 0 Å². The predicted molar refractivity (Wildman–Crippen MR) is 106 cm³/mol. The van der Waals surface area contributed by atoms with Gasteiger partial charge < -0.3 is 10.6 Å². The number of carbonyl (C=O) groups is 1. The van der Waals surface area contributed by atoms with Gasteiger partial charge in [0.25, 0.3) is 5.69 Å². The van der Waals surface area contributed by atoms with E-state index < -0.39 is 21.0 Å². The van der Waals surface area contributed by atoms with Crippen molar-refractivity contribution >= 4 is 34.0 Å². The number of non-ortho nitro benzene ring substituents is 1. The maximum absolute atomic E-state index is 13.0. The Bertz CT molecular complexity index is 796. The molecule has 156 valence electrons. The third kappa shape index (κ3) is 4.99. The quantitative estimate of drug-likeness (QED) is 0.536. The summed E-state index contributed by atoms with van der Waals surface area (Å²) < 4.78 is 27.3. The molecule has 3 rings (SSSR count). The number of benzene rings is 1. The van der Waals surface area contributed by atoms with E-state index in [0.717, 1.165) is 25.8 Å². The summed E-state index contributed by atoms with van der Waals surface area (Å²) in [6.07, 6.45) is 3.79. The van der Waals surface area contributed by atoms with E-state index in [-0.39, 0.29) is 41.5 Å². The van der Waals surface area contributed by atoms with Crippen molar-refractivity contribution in [2.75, 3.05) is 19.6 Å². The zero-order valence-electron chi connectivity index (χ0n) is 15.4. The maximum Gasteiger partial charge on any atom is 0.269 e. The number of rotatable bonds is 5. The summed E-state index contributed by atoms with van der Waals surface area (Å²) in [5, 5.41) is 17.0. The molecule has 2 N–H and O–H groups in total. The van der Waals surface area contributed by atoms with E-state index in [1.165, 1.54) is 28.6 Å². The van der Waals surface area contributed by atoms with Gasteiger partial charge in [-0.25, -0.2) is 8.42 Å². The summed E-state index contributed by atoms with van der Waals surface area (Å²) in [5.74, 6) is -0.270. The zero-order chi connectivity index (χ0) is 19.4. The monoisotopic (exact) mass is 432 g/mol. The van der Waals surface area contributed by atoms with Crippen LogP contribution < -0.4 is 10.6 Å². The van der Waals surface area contributed by atoms with Crippen molar-refractivity contribution in [1.82, 2.24) is 14.9 Å². The number of nitrogens with one attached hydrogen (secondary N) is 2. The van der Waals surface area contributed by atoms with Gasteiger partial charge in [0.05, 0.1) is 9.82 Å². The van der Waals surface area contributed by atoms with Gasteiger partial charge in [-0.1, -0.05) is 6.42 Å². The van der Waals surface area contributed by atoms with Crippen LogP contribution in [-0.4, -0.2) is 55.3 Å². The molecule has 0 aliphatic carbocycles. The van der Waals surface area contributed by atoms with Gasteiger partial charge in [-0.3, -0.25) is 14.9 Å². The van der Waals surface area contributed by atoms with Gasteiger partial charge in [-0.15, -0.1) is 12.4 Å². The topological polar surface area (TPSA) is 122 Å². The van der Waals surface area contributed by atoms with Crippen LogP contribution in [0, 0.1) is 10.1 Å². The first-order valence-corrected chi connectivity index (χ1v) is 10.6. The van der Waals surface area contributed by atoms with Crippen molar-refractivity contribution in [2.24, 2.45) is 0 Å². The van der Waals surface area contributed by atoms with Crippen LogP contribution in [-0.2, 0) is 14.8 Å². The van der Waals surface area contributed by atoms with Crippen molar-refractivity contribution in [3.8, 4) is 0 Å². The van der Waals surface area contributed by atoms with Crippen LogP contribution in [0.5, 0.6) is 0 Å². The number of nitrogens with zero attached hydrogens (tertiary/aromatic N) is 2. The highest BCUT2D eigenvalue weighted by molar-refractivity contribution is 7.89. The number of carbonyl (C=O) groups excluding carboxylic acids is 1. The lowest BCUT2D eigenvalue weighted by Gasteiger charge is -2.35. The molecule has 2 atom stereocenters. The maximum atomic E-state index is 13.0. The lowest BCUT2D eigenvalue weighted by atomic mass is 10.0. The highest BCUT2D eigenvalue weighted by atomic mass is 35.5. The van der Waals surface area contributed by atoms with Gasteiger partial charge >= 0.3 is 0 Å². The van der Waals surface area contributed by atoms with Crippen LogP contribution in [0.1, 0.15) is 32.1 Å². The molecule has 2 fully saturated rings. The first kappa shape index (κ1) is 22.5. The van der Waals surface area contributed by atoms with Crippen LogP contribution in [0.2, 0.25) is 0 Å². The second kappa shape index (κ2) is 9.64. The Morgan fingerprint density at radius 3 is 2.50 bits per heavy atom. The average molecular weight is 433 g/mol. The van der Waals surface area contributed by atoms with Gasteiger partial charge in [0.15, 0.2) is 0 Å². The van der Waals surface area contributed by atoms with Crippen molar-refractivity contribution in [3.05, 3.63) is 34.4 Å². The summed E-state index contributed by atoms with van der Waals surface area (Å²) in [4.78, 5) is 22.9. The minimum Gasteiger partial charge on any atom is -0.351 e. The fourth-order valence-corrected chi connectivity index (χ4v) is 5.26. The lowest BCUT2D eigenvalue weighted by Crippen LogP contribution is -2.55. The number of hydrogen-bond donors (Lipinski definition) is 2. The second-order valence-electron chi connectivity index (χ2n) is 6.93. The predicted octanol–water partition coefficient (Wildman–Crippen LogP) is 1.43. The van der Waals surface area contributed by atoms with Crippen molar-refractivity contribution in [3.63, 3.8) is 0 Å². The molecule has 0 spiro atoms. The number of sulfonamides is 1. The molecular formula is C17H25ClN4O5S. The number of nitro groups is 1. The molecule has 0 saturated carbocycles. The van der Waals surface area contributed by atoms with Crippen LogP contribution in [0.15, 0.2) is 29.2 Å². The Morgan fingerprint density at radius 1 is 1.18 bits per heavy atom. The molecule has 2 aliphatic heterocycles. The average Bonchev–Trinajstić information content (AvgIpc) is 2.69. The SMILES string of the molecule is Cl.O=C(N[C@H]1CCCNC1)C1CCCCN1S(=O)(=O)c1ccc([N+](=O)[O-])cc1. The largest absolute Gasteiger partial charge is 0.351 e. The molecule has 1 aromatic carbocycles. The summed E-state index contributed by atoms with van der Waals surface area (Å²) in [6.45, 7) is 1.88. The summed E-state index contributed by atoms with van der Waals surface area (Å²) in [7, 11) is -3.91. The molecule has 0 radical (unpaired) electrons. The number of piperidine rings is 2. The molecule has 2 saturated heterocycles. The molecule has 1 aromatic rings. The van der Waals surface area contributed by atoms with Crippen molar-refractivity contribution in [1.29, 1.82) is 0 Å². The zero-order valence-corrected chi connectivity index (χ0v) is 17.0. The first-order valence-electron chi connectivity index (χ1n) is 9.17. The molecule has 1 amide bonds. The Labute approximate surface area is 170 Å². The van der Waals surface area contributed by atoms with E-state index in [2.05, 4.69) is 10.6 Å². The Hall–Kier alpha value is -1.75. The van der Waals surface area contributed by atoms with Gasteiger partial charge in [0.1, 0.15) is 6.04 Å².